The Hall–Kier alpha value is -2.56. The molecule has 1 aliphatic carbocycles. The van der Waals surface area contributed by atoms with Crippen LogP contribution in [-0.4, -0.2) is 30.1 Å². The second kappa shape index (κ2) is 7.55. The first kappa shape index (κ1) is 17.3. The average Bonchev–Trinajstić information content (AvgIpc) is 3.45. The molecule has 0 radical (unpaired) electrons. The van der Waals surface area contributed by atoms with Crippen molar-refractivity contribution < 1.29 is 18.7 Å². The number of carbonyl (C=O) groups is 1. The summed E-state index contributed by atoms with van der Waals surface area (Å²) in [5, 5.41) is 0. The number of halogens is 1. The number of ether oxygens (including phenoxy) is 2. The second-order valence-electron chi connectivity index (χ2n) is 6.26. The monoisotopic (exact) mass is 343 g/mol. The highest BCUT2D eigenvalue weighted by Gasteiger charge is 2.35. The zero-order valence-corrected chi connectivity index (χ0v) is 14.4. The summed E-state index contributed by atoms with van der Waals surface area (Å²) < 4.78 is 24.3. The number of nitrogens with zero attached hydrogens (tertiary/aromatic N) is 1. The van der Waals surface area contributed by atoms with Gasteiger partial charge in [-0.1, -0.05) is 12.1 Å². The summed E-state index contributed by atoms with van der Waals surface area (Å²) in [5.74, 6) is 0.978. The highest BCUT2D eigenvalue weighted by molar-refractivity contribution is 5.81. The molecule has 0 aromatic heterocycles. The summed E-state index contributed by atoms with van der Waals surface area (Å²) in [6.45, 7) is 2.14. The standard InChI is InChI=1S/C20H22FNO3/c1-14(25-19-10-8-18(24-2)9-11-19)20(23)22(17-6-7-17)13-15-4-3-5-16(21)12-15/h3-5,8-12,14,17H,6-7,13H2,1-2H3. The fourth-order valence-electron chi connectivity index (χ4n) is 2.75. The largest absolute Gasteiger partial charge is 0.497 e. The molecule has 4 nitrogen and oxygen atoms in total. The van der Waals surface area contributed by atoms with E-state index in [2.05, 4.69) is 0 Å². The van der Waals surface area contributed by atoms with Crippen LogP contribution >= 0.6 is 0 Å². The molecule has 25 heavy (non-hydrogen) atoms. The molecule has 1 saturated carbocycles. The first-order chi connectivity index (χ1) is 12.1. The van der Waals surface area contributed by atoms with E-state index >= 15 is 0 Å². The van der Waals surface area contributed by atoms with Crippen molar-refractivity contribution in [3.8, 4) is 11.5 Å². The van der Waals surface area contributed by atoms with Crippen molar-refractivity contribution in [1.82, 2.24) is 4.90 Å². The zero-order valence-electron chi connectivity index (χ0n) is 14.4. The molecule has 1 amide bonds. The van der Waals surface area contributed by atoms with Crippen LogP contribution in [0.15, 0.2) is 48.5 Å². The minimum absolute atomic E-state index is 0.0809. The quantitative estimate of drug-likeness (QED) is 0.768. The van der Waals surface area contributed by atoms with E-state index in [1.807, 2.05) is 6.07 Å². The van der Waals surface area contributed by atoms with Gasteiger partial charge in [-0.05, 0) is 61.7 Å². The molecule has 1 aliphatic rings. The maximum Gasteiger partial charge on any atom is 0.263 e. The molecule has 3 rings (SSSR count). The van der Waals surface area contributed by atoms with Crippen molar-refractivity contribution in [3.63, 3.8) is 0 Å². The lowest BCUT2D eigenvalue weighted by Gasteiger charge is -2.26. The van der Waals surface area contributed by atoms with Gasteiger partial charge >= 0.3 is 0 Å². The predicted molar refractivity (Wildman–Crippen MR) is 93.1 cm³/mol. The summed E-state index contributed by atoms with van der Waals surface area (Å²) in [7, 11) is 1.60. The molecule has 0 aliphatic heterocycles. The Labute approximate surface area is 147 Å². The Balaban J connectivity index is 1.67. The molecule has 2 aromatic rings. The minimum Gasteiger partial charge on any atom is -0.497 e. The van der Waals surface area contributed by atoms with Crippen LogP contribution in [0.4, 0.5) is 4.39 Å². The lowest BCUT2D eigenvalue weighted by atomic mass is 10.2. The van der Waals surface area contributed by atoms with Gasteiger partial charge in [-0.2, -0.15) is 0 Å². The maximum atomic E-state index is 13.4. The third-order valence-electron chi connectivity index (χ3n) is 4.23. The maximum absolute atomic E-state index is 13.4. The number of rotatable bonds is 7. The molecule has 0 N–H and O–H groups in total. The smallest absolute Gasteiger partial charge is 0.263 e. The lowest BCUT2D eigenvalue weighted by Crippen LogP contribution is -2.41. The minimum atomic E-state index is -0.609. The van der Waals surface area contributed by atoms with Crippen molar-refractivity contribution in [2.75, 3.05) is 7.11 Å². The van der Waals surface area contributed by atoms with Crippen molar-refractivity contribution >= 4 is 5.91 Å². The lowest BCUT2D eigenvalue weighted by molar-refractivity contribution is -0.139. The van der Waals surface area contributed by atoms with Crippen LogP contribution in [0.25, 0.3) is 0 Å². The molecule has 0 spiro atoms. The van der Waals surface area contributed by atoms with Gasteiger partial charge in [0.1, 0.15) is 17.3 Å². The van der Waals surface area contributed by atoms with Gasteiger partial charge in [0.25, 0.3) is 5.91 Å². The van der Waals surface area contributed by atoms with Gasteiger partial charge in [0, 0.05) is 12.6 Å². The van der Waals surface area contributed by atoms with Crippen LogP contribution in [-0.2, 0) is 11.3 Å². The third kappa shape index (κ3) is 4.50. The summed E-state index contributed by atoms with van der Waals surface area (Å²) in [4.78, 5) is 14.6. The number of hydrogen-bond acceptors (Lipinski definition) is 3. The summed E-state index contributed by atoms with van der Waals surface area (Å²) in [5.41, 5.74) is 0.789. The van der Waals surface area contributed by atoms with Gasteiger partial charge in [-0.25, -0.2) is 4.39 Å². The van der Waals surface area contributed by atoms with E-state index in [1.165, 1.54) is 12.1 Å². The molecule has 0 heterocycles. The molecule has 132 valence electrons. The van der Waals surface area contributed by atoms with E-state index in [0.29, 0.717) is 12.3 Å². The SMILES string of the molecule is COc1ccc(OC(C)C(=O)N(Cc2cccc(F)c2)C2CC2)cc1. The topological polar surface area (TPSA) is 38.8 Å². The number of hydrogen-bond donors (Lipinski definition) is 0. The fourth-order valence-corrected chi connectivity index (χ4v) is 2.75. The summed E-state index contributed by atoms with van der Waals surface area (Å²) >= 11 is 0. The van der Waals surface area contributed by atoms with E-state index in [9.17, 15) is 9.18 Å². The number of methoxy groups -OCH3 is 1. The van der Waals surface area contributed by atoms with Gasteiger partial charge in [0.15, 0.2) is 6.10 Å². The van der Waals surface area contributed by atoms with E-state index < -0.39 is 6.10 Å². The van der Waals surface area contributed by atoms with Gasteiger partial charge < -0.3 is 14.4 Å². The van der Waals surface area contributed by atoms with Crippen LogP contribution in [0.1, 0.15) is 25.3 Å². The highest BCUT2D eigenvalue weighted by atomic mass is 19.1. The molecular weight excluding hydrogens is 321 g/mol. The molecule has 0 saturated heterocycles. The predicted octanol–water partition coefficient (Wildman–Crippen LogP) is 3.79. The van der Waals surface area contributed by atoms with Crippen LogP contribution in [0.3, 0.4) is 0 Å². The van der Waals surface area contributed by atoms with E-state index in [4.69, 9.17) is 9.47 Å². The molecule has 5 heteroatoms. The number of carbonyl (C=O) groups excluding carboxylic acids is 1. The summed E-state index contributed by atoms with van der Waals surface area (Å²) in [6, 6.07) is 13.7. The van der Waals surface area contributed by atoms with Crippen molar-refractivity contribution in [2.45, 2.75) is 38.5 Å². The fraction of sp³-hybridized carbons (Fsp3) is 0.350. The van der Waals surface area contributed by atoms with Gasteiger partial charge in [0.2, 0.25) is 0 Å². The normalized spacial score (nSPS) is 14.7. The molecule has 1 unspecified atom stereocenters. The Bertz CT molecular complexity index is 728. The molecular formula is C20H22FNO3. The third-order valence-corrected chi connectivity index (χ3v) is 4.23. The van der Waals surface area contributed by atoms with Crippen molar-refractivity contribution in [1.29, 1.82) is 0 Å². The van der Waals surface area contributed by atoms with Crippen LogP contribution in [0, 0.1) is 5.82 Å². The van der Waals surface area contributed by atoms with E-state index in [-0.39, 0.29) is 17.8 Å². The molecule has 1 fully saturated rings. The molecule has 0 bridgehead atoms. The Kier molecular flexibility index (Phi) is 5.22. The van der Waals surface area contributed by atoms with Crippen LogP contribution in [0.5, 0.6) is 11.5 Å². The van der Waals surface area contributed by atoms with E-state index in [0.717, 1.165) is 24.2 Å². The van der Waals surface area contributed by atoms with Crippen LogP contribution in [0.2, 0.25) is 0 Å². The van der Waals surface area contributed by atoms with Crippen molar-refractivity contribution in [2.24, 2.45) is 0 Å². The van der Waals surface area contributed by atoms with Gasteiger partial charge in [0.05, 0.1) is 7.11 Å². The van der Waals surface area contributed by atoms with E-state index in [1.54, 1.807) is 49.3 Å². The Morgan fingerprint density at radius 1 is 1.20 bits per heavy atom. The zero-order chi connectivity index (χ0) is 17.8. The number of amides is 1. The summed E-state index contributed by atoms with van der Waals surface area (Å²) in [6.07, 6.45) is 1.36. The van der Waals surface area contributed by atoms with Crippen LogP contribution < -0.4 is 9.47 Å². The Morgan fingerprint density at radius 2 is 1.88 bits per heavy atom. The highest BCUT2D eigenvalue weighted by Crippen LogP contribution is 2.30. The first-order valence-electron chi connectivity index (χ1n) is 8.42. The Morgan fingerprint density at radius 3 is 2.48 bits per heavy atom. The number of benzene rings is 2. The van der Waals surface area contributed by atoms with Gasteiger partial charge in [-0.15, -0.1) is 0 Å². The first-order valence-corrected chi connectivity index (χ1v) is 8.42. The van der Waals surface area contributed by atoms with Crippen molar-refractivity contribution in [3.05, 3.63) is 59.9 Å². The average molecular weight is 343 g/mol. The second-order valence-corrected chi connectivity index (χ2v) is 6.26. The molecule has 1 atom stereocenters. The molecule has 2 aromatic carbocycles. The van der Waals surface area contributed by atoms with Gasteiger partial charge in [-0.3, -0.25) is 4.79 Å².